The van der Waals surface area contributed by atoms with Gasteiger partial charge in [0.2, 0.25) is 0 Å². The zero-order chi connectivity index (χ0) is 14.7. The molecule has 106 valence electrons. The van der Waals surface area contributed by atoms with Crippen molar-refractivity contribution in [3.8, 4) is 0 Å². The predicted molar refractivity (Wildman–Crippen MR) is 81.5 cm³/mol. The van der Waals surface area contributed by atoms with Gasteiger partial charge in [-0.15, -0.1) is 11.3 Å². The molecular formula is C14H17N3O2S. The molecule has 2 aromatic rings. The highest BCUT2D eigenvalue weighted by molar-refractivity contribution is 7.09. The SMILES string of the molecule is Cc1cc(N(C)C(C)Cc2cccs2)ncc1[N+](=O)[O-]. The summed E-state index contributed by atoms with van der Waals surface area (Å²) in [7, 11) is 1.96. The molecule has 0 bridgehead atoms. The standard InChI is InChI=1S/C14H17N3O2S/c1-10-7-14(15-9-13(10)17(18)19)16(3)11(2)8-12-5-4-6-20-12/h4-7,9,11H,8H2,1-3H3. The number of rotatable bonds is 5. The van der Waals surface area contributed by atoms with E-state index in [0.29, 0.717) is 5.56 Å². The molecule has 0 N–H and O–H groups in total. The van der Waals surface area contributed by atoms with Gasteiger partial charge >= 0.3 is 0 Å². The molecule has 0 amide bonds. The first-order chi connectivity index (χ1) is 9.49. The molecule has 0 spiro atoms. The maximum Gasteiger partial charge on any atom is 0.290 e. The van der Waals surface area contributed by atoms with Crippen molar-refractivity contribution in [3.63, 3.8) is 0 Å². The van der Waals surface area contributed by atoms with Crippen LogP contribution in [0.3, 0.4) is 0 Å². The second-order valence-corrected chi connectivity index (χ2v) is 5.86. The van der Waals surface area contributed by atoms with Crippen molar-refractivity contribution < 1.29 is 4.92 Å². The number of thiophene rings is 1. The van der Waals surface area contributed by atoms with E-state index in [-0.39, 0.29) is 11.7 Å². The average Bonchev–Trinajstić information content (AvgIpc) is 2.90. The number of aromatic nitrogens is 1. The van der Waals surface area contributed by atoms with Crippen LogP contribution in [0.4, 0.5) is 11.5 Å². The van der Waals surface area contributed by atoms with Crippen LogP contribution >= 0.6 is 11.3 Å². The van der Waals surface area contributed by atoms with E-state index in [4.69, 9.17) is 0 Å². The van der Waals surface area contributed by atoms with Gasteiger partial charge in [-0.1, -0.05) is 6.07 Å². The third-order valence-corrected chi connectivity index (χ3v) is 4.26. The van der Waals surface area contributed by atoms with Gasteiger partial charge in [-0.3, -0.25) is 10.1 Å². The minimum Gasteiger partial charge on any atom is -0.357 e. The highest BCUT2D eigenvalue weighted by atomic mass is 32.1. The van der Waals surface area contributed by atoms with E-state index in [9.17, 15) is 10.1 Å². The minimum atomic E-state index is -0.402. The van der Waals surface area contributed by atoms with E-state index in [2.05, 4.69) is 28.3 Å². The Morgan fingerprint density at radius 1 is 1.55 bits per heavy atom. The lowest BCUT2D eigenvalue weighted by molar-refractivity contribution is -0.385. The Morgan fingerprint density at radius 3 is 2.85 bits per heavy atom. The van der Waals surface area contributed by atoms with E-state index in [0.717, 1.165) is 12.2 Å². The van der Waals surface area contributed by atoms with Crippen LogP contribution in [0, 0.1) is 17.0 Å². The molecule has 0 aliphatic carbocycles. The van der Waals surface area contributed by atoms with Gasteiger partial charge in [0.05, 0.1) is 4.92 Å². The largest absolute Gasteiger partial charge is 0.357 e. The summed E-state index contributed by atoms with van der Waals surface area (Å²) in [5, 5.41) is 12.9. The van der Waals surface area contributed by atoms with Gasteiger partial charge in [0, 0.05) is 30.0 Å². The Morgan fingerprint density at radius 2 is 2.30 bits per heavy atom. The summed E-state index contributed by atoms with van der Waals surface area (Å²) in [4.78, 5) is 18.0. The van der Waals surface area contributed by atoms with Crippen molar-refractivity contribution in [3.05, 3.63) is 50.3 Å². The lowest BCUT2D eigenvalue weighted by Crippen LogP contribution is -2.31. The van der Waals surface area contributed by atoms with Crippen LogP contribution in [-0.4, -0.2) is 23.0 Å². The highest BCUT2D eigenvalue weighted by Gasteiger charge is 2.16. The summed E-state index contributed by atoms with van der Waals surface area (Å²) in [5.74, 6) is 0.761. The van der Waals surface area contributed by atoms with E-state index in [1.807, 2.05) is 13.1 Å². The summed E-state index contributed by atoms with van der Waals surface area (Å²) in [5.41, 5.74) is 0.697. The monoisotopic (exact) mass is 291 g/mol. The number of pyridine rings is 1. The molecule has 1 atom stereocenters. The zero-order valence-electron chi connectivity index (χ0n) is 11.7. The Balaban J connectivity index is 2.14. The van der Waals surface area contributed by atoms with Crippen molar-refractivity contribution in [2.24, 2.45) is 0 Å². The lowest BCUT2D eigenvalue weighted by atomic mass is 10.1. The molecule has 0 aromatic carbocycles. The minimum absolute atomic E-state index is 0.0630. The maximum atomic E-state index is 10.8. The summed E-state index contributed by atoms with van der Waals surface area (Å²) < 4.78 is 0. The van der Waals surface area contributed by atoms with E-state index >= 15 is 0 Å². The van der Waals surface area contributed by atoms with Gasteiger partial charge in [0.25, 0.3) is 5.69 Å². The van der Waals surface area contributed by atoms with Gasteiger partial charge in [-0.2, -0.15) is 0 Å². The Bertz CT molecular complexity index is 598. The molecule has 5 nitrogen and oxygen atoms in total. The van der Waals surface area contributed by atoms with Gasteiger partial charge < -0.3 is 4.90 Å². The van der Waals surface area contributed by atoms with Crippen LogP contribution in [-0.2, 0) is 6.42 Å². The van der Waals surface area contributed by atoms with Crippen molar-refractivity contribution in [2.75, 3.05) is 11.9 Å². The fraction of sp³-hybridized carbons (Fsp3) is 0.357. The van der Waals surface area contributed by atoms with Gasteiger partial charge in [0.15, 0.2) is 0 Å². The number of nitrogens with zero attached hydrogens (tertiary/aromatic N) is 3. The van der Waals surface area contributed by atoms with Gasteiger partial charge in [-0.05, 0) is 31.4 Å². The quantitative estimate of drug-likeness (QED) is 0.625. The first kappa shape index (κ1) is 14.5. The van der Waals surface area contributed by atoms with Crippen molar-refractivity contribution >= 4 is 22.8 Å². The number of likely N-dealkylation sites (N-methyl/N-ethyl adjacent to an activating group) is 1. The molecule has 6 heteroatoms. The maximum absolute atomic E-state index is 10.8. The lowest BCUT2D eigenvalue weighted by Gasteiger charge is -2.25. The summed E-state index contributed by atoms with van der Waals surface area (Å²) in [6.45, 7) is 3.86. The summed E-state index contributed by atoms with van der Waals surface area (Å²) in [6.07, 6.45) is 2.27. The normalized spacial score (nSPS) is 12.2. The van der Waals surface area contributed by atoms with E-state index in [1.54, 1.807) is 24.3 Å². The summed E-state index contributed by atoms with van der Waals surface area (Å²) >= 11 is 1.74. The second kappa shape index (κ2) is 6.00. The molecular weight excluding hydrogens is 274 g/mol. The van der Waals surface area contributed by atoms with Crippen LogP contribution in [0.25, 0.3) is 0 Å². The molecule has 2 rings (SSSR count). The van der Waals surface area contributed by atoms with E-state index in [1.165, 1.54) is 11.1 Å². The second-order valence-electron chi connectivity index (χ2n) is 4.83. The first-order valence-corrected chi connectivity index (χ1v) is 7.23. The van der Waals surface area contributed by atoms with Crippen molar-refractivity contribution in [1.82, 2.24) is 4.98 Å². The molecule has 2 heterocycles. The van der Waals surface area contributed by atoms with E-state index < -0.39 is 4.92 Å². The predicted octanol–water partition coefficient (Wildman–Crippen LogP) is 3.43. The van der Waals surface area contributed by atoms with Crippen molar-refractivity contribution in [1.29, 1.82) is 0 Å². The smallest absolute Gasteiger partial charge is 0.290 e. The third kappa shape index (κ3) is 3.14. The number of aryl methyl sites for hydroxylation is 1. The fourth-order valence-corrected chi connectivity index (χ4v) is 2.83. The first-order valence-electron chi connectivity index (χ1n) is 6.35. The van der Waals surface area contributed by atoms with Crippen LogP contribution < -0.4 is 4.90 Å². The fourth-order valence-electron chi connectivity index (χ4n) is 2.00. The molecule has 0 saturated carbocycles. The zero-order valence-corrected chi connectivity index (χ0v) is 12.6. The van der Waals surface area contributed by atoms with Crippen molar-refractivity contribution in [2.45, 2.75) is 26.3 Å². The molecule has 0 aliphatic rings. The average molecular weight is 291 g/mol. The summed E-state index contributed by atoms with van der Waals surface area (Å²) in [6, 6.07) is 6.20. The third-order valence-electron chi connectivity index (χ3n) is 3.36. The number of hydrogen-bond acceptors (Lipinski definition) is 5. The Kier molecular flexibility index (Phi) is 4.34. The van der Waals surface area contributed by atoms with Crippen LogP contribution in [0.2, 0.25) is 0 Å². The topological polar surface area (TPSA) is 59.3 Å². The molecule has 20 heavy (non-hydrogen) atoms. The Labute approximate surface area is 122 Å². The molecule has 1 unspecified atom stereocenters. The van der Waals surface area contributed by atoms with Gasteiger partial charge in [0.1, 0.15) is 12.0 Å². The number of anilines is 1. The van der Waals surface area contributed by atoms with Gasteiger partial charge in [-0.25, -0.2) is 4.98 Å². The molecule has 0 radical (unpaired) electrons. The van der Waals surface area contributed by atoms with Crippen LogP contribution in [0.1, 0.15) is 17.4 Å². The van der Waals surface area contributed by atoms with Crippen LogP contribution in [0.5, 0.6) is 0 Å². The number of nitro groups is 1. The van der Waals surface area contributed by atoms with Crippen LogP contribution in [0.15, 0.2) is 29.8 Å². The molecule has 2 aromatic heterocycles. The highest BCUT2D eigenvalue weighted by Crippen LogP contribution is 2.23. The Hall–Kier alpha value is -1.95. The molecule has 0 saturated heterocycles. The molecule has 0 aliphatic heterocycles. The molecule has 0 fully saturated rings. The number of hydrogen-bond donors (Lipinski definition) is 0.